The van der Waals surface area contributed by atoms with Crippen molar-refractivity contribution in [2.45, 2.75) is 6.92 Å². The second-order valence-corrected chi connectivity index (χ2v) is 2.90. The third kappa shape index (κ3) is 2.07. The van der Waals surface area contributed by atoms with Gasteiger partial charge in [0.2, 0.25) is 5.88 Å². The van der Waals surface area contributed by atoms with Gasteiger partial charge in [0.05, 0.1) is 6.20 Å². The zero-order valence-electron chi connectivity index (χ0n) is 7.77. The summed E-state index contributed by atoms with van der Waals surface area (Å²) in [5.41, 5.74) is 1.20. The summed E-state index contributed by atoms with van der Waals surface area (Å²) in [5, 5.41) is 0. The molecule has 0 saturated carbocycles. The van der Waals surface area contributed by atoms with Gasteiger partial charge >= 0.3 is 0 Å². The third-order valence-corrected chi connectivity index (χ3v) is 1.75. The molecule has 0 aliphatic heterocycles. The Balaban J connectivity index is 2.16. The van der Waals surface area contributed by atoms with Gasteiger partial charge in [-0.1, -0.05) is 17.7 Å². The maximum absolute atomic E-state index is 5.45. The van der Waals surface area contributed by atoms with Crippen LogP contribution in [0.1, 0.15) is 5.56 Å². The average molecular weight is 185 g/mol. The van der Waals surface area contributed by atoms with Crippen LogP contribution in [0.3, 0.4) is 0 Å². The van der Waals surface area contributed by atoms with Crippen LogP contribution in [-0.4, -0.2) is 9.97 Å². The summed E-state index contributed by atoms with van der Waals surface area (Å²) in [7, 11) is 0. The van der Waals surface area contributed by atoms with Crippen molar-refractivity contribution in [2.75, 3.05) is 0 Å². The molecule has 3 heteroatoms. The van der Waals surface area contributed by atoms with Crippen LogP contribution < -0.4 is 4.74 Å². The Morgan fingerprint density at radius 1 is 1.21 bits per heavy atom. The molecule has 0 aliphatic rings. The van der Waals surface area contributed by atoms with Crippen LogP contribution in [0.25, 0.3) is 0 Å². The molecule has 0 N–H and O–H groups in total. The van der Waals surface area contributed by atoms with E-state index in [4.69, 9.17) is 4.74 Å². The first-order valence-corrected chi connectivity index (χ1v) is 4.27. The lowest BCUT2D eigenvalue weighted by Crippen LogP contribution is -1.87. The lowest BCUT2D eigenvalue weighted by atomic mass is 10.2. The Hall–Kier alpha value is -1.90. The van der Waals surface area contributed by atoms with Crippen molar-refractivity contribution in [2.24, 2.45) is 0 Å². The summed E-state index contributed by atoms with van der Waals surface area (Å²) >= 11 is 0. The summed E-state index contributed by atoms with van der Waals surface area (Å²) in [6.07, 6.45) is 4.06. The highest BCUT2D eigenvalue weighted by atomic mass is 16.5. The van der Waals surface area contributed by atoms with Crippen LogP contribution in [0, 0.1) is 13.1 Å². The number of hydrogen-bond donors (Lipinski definition) is 0. The highest BCUT2D eigenvalue weighted by Crippen LogP contribution is 2.18. The van der Waals surface area contributed by atoms with E-state index in [1.165, 1.54) is 11.9 Å². The summed E-state index contributed by atoms with van der Waals surface area (Å²) in [4.78, 5) is 7.62. The van der Waals surface area contributed by atoms with E-state index in [1.807, 2.05) is 31.2 Å². The number of hydrogen-bond acceptors (Lipinski definition) is 3. The van der Waals surface area contributed by atoms with Crippen molar-refractivity contribution in [1.82, 2.24) is 9.97 Å². The summed E-state index contributed by atoms with van der Waals surface area (Å²) in [5.74, 6) is 1.27. The Morgan fingerprint density at radius 2 is 2.00 bits per heavy atom. The fourth-order valence-corrected chi connectivity index (χ4v) is 1.03. The number of rotatable bonds is 2. The molecule has 1 heterocycles. The number of ether oxygens (including phenoxy) is 1. The Bertz CT molecular complexity index is 397. The van der Waals surface area contributed by atoms with E-state index < -0.39 is 0 Å². The predicted octanol–water partition coefficient (Wildman–Crippen LogP) is 2.38. The molecule has 0 atom stereocenters. The van der Waals surface area contributed by atoms with Gasteiger partial charge in [0.15, 0.2) is 0 Å². The molecule has 0 saturated heterocycles. The lowest BCUT2D eigenvalue weighted by Gasteiger charge is -2.03. The fourth-order valence-electron chi connectivity index (χ4n) is 1.03. The van der Waals surface area contributed by atoms with Crippen LogP contribution in [-0.2, 0) is 0 Å². The van der Waals surface area contributed by atoms with E-state index in [2.05, 4.69) is 16.2 Å². The molecule has 0 aliphatic carbocycles. The summed E-state index contributed by atoms with van der Waals surface area (Å²) in [6, 6.07) is 9.37. The van der Waals surface area contributed by atoms with Gasteiger partial charge in [0, 0.05) is 6.07 Å². The minimum atomic E-state index is 0.504. The van der Waals surface area contributed by atoms with Crippen LogP contribution in [0.2, 0.25) is 0 Å². The van der Waals surface area contributed by atoms with Crippen LogP contribution in [0.4, 0.5) is 0 Å². The molecule has 2 rings (SSSR count). The van der Waals surface area contributed by atoms with Crippen molar-refractivity contribution >= 4 is 0 Å². The zero-order valence-corrected chi connectivity index (χ0v) is 7.77. The molecule has 0 fully saturated rings. The van der Waals surface area contributed by atoms with E-state index in [9.17, 15) is 0 Å². The quantitative estimate of drug-likeness (QED) is 0.720. The van der Waals surface area contributed by atoms with E-state index in [0.717, 1.165) is 5.75 Å². The first-order chi connectivity index (χ1) is 6.84. The number of aryl methyl sites for hydroxylation is 1. The van der Waals surface area contributed by atoms with Crippen molar-refractivity contribution in [1.29, 1.82) is 0 Å². The molecule has 2 aromatic rings. The standard InChI is InChI=1S/C11H9N2O/c1-9-2-4-10(5-3-9)14-11-6-7-12-8-13-11/h2-6,8H,1H3. The van der Waals surface area contributed by atoms with Gasteiger partial charge in [-0.3, -0.25) is 0 Å². The molecule has 1 aromatic carbocycles. The first-order valence-electron chi connectivity index (χ1n) is 4.27. The Morgan fingerprint density at radius 3 is 2.64 bits per heavy atom. The molecular formula is C11H9N2O. The maximum Gasteiger partial charge on any atom is 0.222 e. The van der Waals surface area contributed by atoms with Gasteiger partial charge in [0.25, 0.3) is 0 Å². The Labute approximate surface area is 82.4 Å². The number of nitrogens with zero attached hydrogens (tertiary/aromatic N) is 2. The van der Waals surface area contributed by atoms with Crippen LogP contribution in [0.5, 0.6) is 11.6 Å². The molecule has 3 nitrogen and oxygen atoms in total. The summed E-state index contributed by atoms with van der Waals surface area (Å²) in [6.45, 7) is 2.03. The fraction of sp³-hybridized carbons (Fsp3) is 0.0909. The highest BCUT2D eigenvalue weighted by Gasteiger charge is 1.96. The molecular weight excluding hydrogens is 176 g/mol. The zero-order chi connectivity index (χ0) is 9.80. The number of benzene rings is 1. The topological polar surface area (TPSA) is 35.0 Å². The van der Waals surface area contributed by atoms with Gasteiger partial charge in [0.1, 0.15) is 12.1 Å². The van der Waals surface area contributed by atoms with Crippen LogP contribution in [0.15, 0.2) is 36.7 Å². The highest BCUT2D eigenvalue weighted by molar-refractivity contribution is 5.29. The molecule has 14 heavy (non-hydrogen) atoms. The Kier molecular flexibility index (Phi) is 2.40. The molecule has 0 bridgehead atoms. The normalized spacial score (nSPS) is 9.79. The van der Waals surface area contributed by atoms with E-state index >= 15 is 0 Å². The SMILES string of the molecule is Cc1ccc(Oc2c[c]ncn2)cc1. The van der Waals surface area contributed by atoms with Gasteiger partial charge in [-0.05, 0) is 19.1 Å². The average Bonchev–Trinajstić information content (AvgIpc) is 2.23. The van der Waals surface area contributed by atoms with E-state index in [1.54, 1.807) is 6.07 Å². The second-order valence-electron chi connectivity index (χ2n) is 2.90. The molecule has 0 amide bonds. The minimum Gasteiger partial charge on any atom is -0.439 e. The lowest BCUT2D eigenvalue weighted by molar-refractivity contribution is 0.461. The molecule has 0 unspecified atom stereocenters. The first kappa shape index (κ1) is 8.69. The van der Waals surface area contributed by atoms with Crippen molar-refractivity contribution in [3.8, 4) is 11.6 Å². The number of aromatic nitrogens is 2. The van der Waals surface area contributed by atoms with Crippen molar-refractivity contribution in [3.63, 3.8) is 0 Å². The van der Waals surface area contributed by atoms with Gasteiger partial charge in [-0.2, -0.15) is 0 Å². The van der Waals surface area contributed by atoms with Gasteiger partial charge in [-0.25, -0.2) is 9.97 Å². The smallest absolute Gasteiger partial charge is 0.222 e. The van der Waals surface area contributed by atoms with Gasteiger partial charge in [-0.15, -0.1) is 0 Å². The largest absolute Gasteiger partial charge is 0.439 e. The monoisotopic (exact) mass is 185 g/mol. The molecule has 1 aromatic heterocycles. The van der Waals surface area contributed by atoms with E-state index in [-0.39, 0.29) is 0 Å². The molecule has 0 spiro atoms. The van der Waals surface area contributed by atoms with Crippen molar-refractivity contribution < 1.29 is 4.74 Å². The second kappa shape index (κ2) is 3.87. The molecule has 1 radical (unpaired) electrons. The van der Waals surface area contributed by atoms with Gasteiger partial charge < -0.3 is 4.74 Å². The predicted molar refractivity (Wildman–Crippen MR) is 52.1 cm³/mol. The summed E-state index contributed by atoms with van der Waals surface area (Å²) < 4.78 is 5.45. The molecule has 69 valence electrons. The minimum absolute atomic E-state index is 0.504. The van der Waals surface area contributed by atoms with Crippen molar-refractivity contribution in [3.05, 3.63) is 48.4 Å². The third-order valence-electron chi connectivity index (χ3n) is 1.75. The van der Waals surface area contributed by atoms with Crippen LogP contribution >= 0.6 is 0 Å². The maximum atomic E-state index is 5.45. The van der Waals surface area contributed by atoms with E-state index in [0.29, 0.717) is 5.88 Å².